The van der Waals surface area contributed by atoms with Crippen molar-refractivity contribution in [2.75, 3.05) is 0 Å². The molecule has 4 aromatic rings. The molecule has 3 aromatic carbocycles. The third-order valence-corrected chi connectivity index (χ3v) is 7.37. The van der Waals surface area contributed by atoms with Gasteiger partial charge in [-0.2, -0.15) is 0 Å². The van der Waals surface area contributed by atoms with Crippen LogP contribution in [0.4, 0.5) is 0 Å². The van der Waals surface area contributed by atoms with Crippen molar-refractivity contribution in [3.05, 3.63) is 71.0 Å². The van der Waals surface area contributed by atoms with Gasteiger partial charge in [0, 0.05) is 28.2 Å². The Bertz CT molecular complexity index is 1180. The standard InChI is InChI=1S/C28H31N/c1-18-22-10-8-14-25(18)27-20(3)29(24-12-6-5-7-13-24)21(4)28(27)26-15-9-11-23(17-16-22)19(26)2/h8-11,14-17,24H,5-7,12-13H2,1-4H3. The van der Waals surface area contributed by atoms with Gasteiger partial charge in [-0.05, 0) is 73.2 Å². The minimum Gasteiger partial charge on any atom is -0.345 e. The third kappa shape index (κ3) is 2.82. The van der Waals surface area contributed by atoms with Crippen LogP contribution in [0.15, 0.2) is 48.5 Å². The van der Waals surface area contributed by atoms with Crippen LogP contribution in [0.3, 0.4) is 0 Å². The molecule has 1 saturated carbocycles. The van der Waals surface area contributed by atoms with E-state index in [0.29, 0.717) is 6.04 Å². The average molecular weight is 382 g/mol. The van der Waals surface area contributed by atoms with Crippen LogP contribution in [0.2, 0.25) is 0 Å². The van der Waals surface area contributed by atoms with Crippen molar-refractivity contribution in [1.82, 2.24) is 4.57 Å². The molecule has 0 amide bonds. The Labute approximate surface area is 174 Å². The molecule has 1 aromatic heterocycles. The van der Waals surface area contributed by atoms with Crippen LogP contribution in [0.5, 0.6) is 0 Å². The van der Waals surface area contributed by atoms with Crippen molar-refractivity contribution in [2.24, 2.45) is 0 Å². The molecule has 1 heteroatoms. The van der Waals surface area contributed by atoms with Gasteiger partial charge in [0.25, 0.3) is 0 Å². The number of fused-ring (bicyclic) bond motifs is 7. The van der Waals surface area contributed by atoms with Crippen LogP contribution >= 0.6 is 0 Å². The molecule has 0 spiro atoms. The summed E-state index contributed by atoms with van der Waals surface area (Å²) in [6, 6.07) is 18.8. The van der Waals surface area contributed by atoms with Gasteiger partial charge >= 0.3 is 0 Å². The van der Waals surface area contributed by atoms with Crippen molar-refractivity contribution in [1.29, 1.82) is 0 Å². The number of rotatable bonds is 1. The van der Waals surface area contributed by atoms with E-state index in [0.717, 1.165) is 0 Å². The zero-order chi connectivity index (χ0) is 20.1. The predicted molar refractivity (Wildman–Crippen MR) is 127 cm³/mol. The predicted octanol–water partition coefficient (Wildman–Crippen LogP) is 8.25. The van der Waals surface area contributed by atoms with E-state index >= 15 is 0 Å². The first kappa shape index (κ1) is 18.5. The lowest BCUT2D eigenvalue weighted by Crippen LogP contribution is -2.15. The summed E-state index contributed by atoms with van der Waals surface area (Å²) in [5.74, 6) is 0. The van der Waals surface area contributed by atoms with Gasteiger partial charge in [-0.25, -0.2) is 0 Å². The molecule has 1 nitrogen and oxygen atoms in total. The van der Waals surface area contributed by atoms with Gasteiger partial charge in [-0.15, -0.1) is 0 Å². The molecular formula is C28H31N. The van der Waals surface area contributed by atoms with E-state index < -0.39 is 0 Å². The first-order chi connectivity index (χ1) is 14.1. The highest BCUT2D eigenvalue weighted by atomic mass is 15.0. The second-order valence-electron chi connectivity index (χ2n) is 8.96. The third-order valence-electron chi connectivity index (χ3n) is 7.37. The molecule has 1 aliphatic rings. The molecule has 0 unspecified atom stereocenters. The Morgan fingerprint density at radius 3 is 1.59 bits per heavy atom. The van der Waals surface area contributed by atoms with Crippen molar-refractivity contribution >= 4 is 32.3 Å². The lowest BCUT2D eigenvalue weighted by molar-refractivity contribution is 0.347. The van der Waals surface area contributed by atoms with E-state index in [4.69, 9.17) is 0 Å². The minimum atomic E-state index is 0.645. The van der Waals surface area contributed by atoms with Gasteiger partial charge in [0.1, 0.15) is 0 Å². The fourth-order valence-electron chi connectivity index (χ4n) is 5.79. The maximum atomic E-state index is 2.69. The number of aromatic nitrogens is 1. The van der Waals surface area contributed by atoms with Crippen LogP contribution < -0.4 is 0 Å². The van der Waals surface area contributed by atoms with Crippen molar-refractivity contribution < 1.29 is 0 Å². The Balaban J connectivity index is 2.06. The maximum Gasteiger partial charge on any atom is 0.0336 e. The first-order valence-corrected chi connectivity index (χ1v) is 11.2. The molecule has 148 valence electrons. The minimum absolute atomic E-state index is 0.645. The van der Waals surface area contributed by atoms with Crippen molar-refractivity contribution in [2.45, 2.75) is 65.8 Å². The normalized spacial score (nSPS) is 15.4. The Morgan fingerprint density at radius 2 is 1.10 bits per heavy atom. The zero-order valence-corrected chi connectivity index (χ0v) is 18.2. The van der Waals surface area contributed by atoms with E-state index in [2.05, 4.69) is 80.8 Å². The molecule has 0 atom stereocenters. The van der Waals surface area contributed by atoms with Gasteiger partial charge in [-0.3, -0.25) is 0 Å². The molecule has 1 heterocycles. The molecular weight excluding hydrogens is 350 g/mol. The lowest BCUT2D eigenvalue weighted by Gasteiger charge is -2.26. The number of hydrogen-bond donors (Lipinski definition) is 0. The van der Waals surface area contributed by atoms with Gasteiger partial charge in [-0.1, -0.05) is 67.8 Å². The Kier molecular flexibility index (Phi) is 4.50. The van der Waals surface area contributed by atoms with Gasteiger partial charge in [0.15, 0.2) is 0 Å². The van der Waals surface area contributed by atoms with Crippen LogP contribution in [0.1, 0.15) is 60.7 Å². The van der Waals surface area contributed by atoms with E-state index in [1.54, 1.807) is 0 Å². The summed E-state index contributed by atoms with van der Waals surface area (Å²) in [6.07, 6.45) is 6.74. The largest absolute Gasteiger partial charge is 0.345 e. The van der Waals surface area contributed by atoms with Crippen LogP contribution in [-0.2, 0) is 0 Å². The number of aryl methyl sites for hydroxylation is 4. The molecule has 0 N–H and O–H groups in total. The van der Waals surface area contributed by atoms with Crippen LogP contribution in [0.25, 0.3) is 32.3 Å². The molecule has 0 radical (unpaired) electrons. The van der Waals surface area contributed by atoms with E-state index in [9.17, 15) is 0 Å². The van der Waals surface area contributed by atoms with E-state index in [-0.39, 0.29) is 0 Å². The Hall–Kier alpha value is -2.54. The summed E-state index contributed by atoms with van der Waals surface area (Å²) < 4.78 is 2.69. The smallest absolute Gasteiger partial charge is 0.0336 e. The molecule has 5 rings (SSSR count). The molecule has 0 saturated heterocycles. The van der Waals surface area contributed by atoms with E-state index in [1.165, 1.54) is 86.9 Å². The fraction of sp³-hybridized carbons (Fsp3) is 0.357. The number of benzene rings is 2. The average Bonchev–Trinajstić information content (AvgIpc) is 2.98. The van der Waals surface area contributed by atoms with Crippen LogP contribution in [-0.4, -0.2) is 4.57 Å². The second-order valence-corrected chi connectivity index (χ2v) is 8.96. The summed E-state index contributed by atoms with van der Waals surface area (Å²) in [6.45, 7) is 9.28. The number of nitrogens with zero attached hydrogens (tertiary/aromatic N) is 1. The summed E-state index contributed by atoms with van der Waals surface area (Å²) >= 11 is 0. The number of hydrogen-bond acceptors (Lipinski definition) is 0. The van der Waals surface area contributed by atoms with Crippen LogP contribution in [0, 0.1) is 27.7 Å². The zero-order valence-electron chi connectivity index (χ0n) is 18.2. The molecule has 29 heavy (non-hydrogen) atoms. The molecule has 0 aliphatic heterocycles. The van der Waals surface area contributed by atoms with Gasteiger partial charge < -0.3 is 4.57 Å². The molecule has 1 aliphatic carbocycles. The quantitative estimate of drug-likeness (QED) is 0.313. The topological polar surface area (TPSA) is 4.93 Å². The fourth-order valence-corrected chi connectivity index (χ4v) is 5.79. The monoisotopic (exact) mass is 381 g/mol. The van der Waals surface area contributed by atoms with Crippen molar-refractivity contribution in [3.63, 3.8) is 0 Å². The maximum absolute atomic E-state index is 2.69. The molecule has 1 fully saturated rings. The van der Waals surface area contributed by atoms with Gasteiger partial charge in [0.05, 0.1) is 0 Å². The molecule has 4 bridgehead atoms. The summed E-state index contributed by atoms with van der Waals surface area (Å²) in [5, 5.41) is 8.32. The van der Waals surface area contributed by atoms with Gasteiger partial charge in [0.2, 0.25) is 0 Å². The lowest BCUT2D eigenvalue weighted by atomic mass is 9.95. The first-order valence-electron chi connectivity index (χ1n) is 11.2. The highest BCUT2D eigenvalue weighted by molar-refractivity contribution is 6.12. The summed E-state index contributed by atoms with van der Waals surface area (Å²) in [7, 11) is 0. The Morgan fingerprint density at radius 1 is 0.621 bits per heavy atom. The highest BCUT2D eigenvalue weighted by Crippen LogP contribution is 2.40. The second kappa shape index (κ2) is 7.06. The van der Waals surface area contributed by atoms with Crippen molar-refractivity contribution in [3.8, 4) is 0 Å². The highest BCUT2D eigenvalue weighted by Gasteiger charge is 2.22. The SMILES string of the molecule is Cc1c2cccc1c1c(C)n(C3CCCCC3)c(C)c1c1cccc(cc2)c1C. The van der Waals surface area contributed by atoms with E-state index in [1.807, 2.05) is 0 Å². The summed E-state index contributed by atoms with van der Waals surface area (Å²) in [5.41, 5.74) is 5.66. The summed E-state index contributed by atoms with van der Waals surface area (Å²) in [4.78, 5) is 0.